The summed E-state index contributed by atoms with van der Waals surface area (Å²) in [5.74, 6) is 0.944. The van der Waals surface area contributed by atoms with Crippen LogP contribution >= 0.6 is 11.8 Å². The maximum Gasteiger partial charge on any atom is 0.0708 e. The Morgan fingerprint density at radius 3 is 2.23 bits per heavy atom. The first kappa shape index (κ1) is 24.9. The van der Waals surface area contributed by atoms with E-state index in [1.165, 1.54) is 59.5 Å². The van der Waals surface area contributed by atoms with Gasteiger partial charge in [0.2, 0.25) is 0 Å². The van der Waals surface area contributed by atoms with Gasteiger partial charge in [0.25, 0.3) is 0 Å². The first-order valence-electron chi connectivity index (χ1n) is 15.1. The minimum Gasteiger partial charge on any atom is -0.256 e. The van der Waals surface area contributed by atoms with Crippen molar-refractivity contribution in [1.29, 1.82) is 0 Å². The van der Waals surface area contributed by atoms with Crippen LogP contribution in [-0.2, 0) is 0 Å². The highest BCUT2D eigenvalue weighted by Crippen LogP contribution is 2.52. The standard InChI is InChI=1S/C41H29NS/c1-3-16-33-31(14-1)32-15-2-4-17-34(32)38-25-42-39(24-37(33)38)29-13-8-11-27(23-29)26-10-7-12-28(22-26)30-19-9-20-36-35-18-5-6-21-40(35)43-41(30)36/h1-11,13-25,28,30,41H,12H2. The zero-order chi connectivity index (χ0) is 28.3. The van der Waals surface area contributed by atoms with Crippen LogP contribution in [-0.4, -0.2) is 10.2 Å². The molecule has 5 aromatic carbocycles. The highest BCUT2D eigenvalue weighted by molar-refractivity contribution is 8.00. The van der Waals surface area contributed by atoms with Crippen LogP contribution in [0.2, 0.25) is 0 Å². The van der Waals surface area contributed by atoms with Crippen LogP contribution in [0.25, 0.3) is 54.7 Å². The second-order valence-electron chi connectivity index (χ2n) is 11.8. The zero-order valence-corrected chi connectivity index (χ0v) is 24.5. The monoisotopic (exact) mass is 567 g/mol. The molecule has 1 aliphatic heterocycles. The molecule has 1 nitrogen and oxygen atoms in total. The van der Waals surface area contributed by atoms with Crippen molar-refractivity contribution in [3.8, 4) is 11.3 Å². The summed E-state index contributed by atoms with van der Waals surface area (Å²) in [7, 11) is 0. The number of pyridine rings is 1. The molecule has 3 atom stereocenters. The number of fused-ring (bicyclic) bond motifs is 9. The van der Waals surface area contributed by atoms with Crippen LogP contribution in [0, 0.1) is 11.8 Å². The molecule has 0 saturated carbocycles. The van der Waals surface area contributed by atoms with Gasteiger partial charge in [-0.3, -0.25) is 4.98 Å². The predicted octanol–water partition coefficient (Wildman–Crippen LogP) is 10.9. The van der Waals surface area contributed by atoms with Crippen LogP contribution < -0.4 is 0 Å². The lowest BCUT2D eigenvalue weighted by atomic mass is 9.77. The van der Waals surface area contributed by atoms with E-state index < -0.39 is 0 Å². The largest absolute Gasteiger partial charge is 0.256 e. The van der Waals surface area contributed by atoms with Crippen LogP contribution in [0.4, 0.5) is 0 Å². The van der Waals surface area contributed by atoms with E-state index >= 15 is 0 Å². The quantitative estimate of drug-likeness (QED) is 0.197. The third-order valence-electron chi connectivity index (χ3n) is 9.43. The second-order valence-corrected chi connectivity index (χ2v) is 13.0. The Morgan fingerprint density at radius 2 is 1.40 bits per heavy atom. The fourth-order valence-corrected chi connectivity index (χ4v) is 8.89. The predicted molar refractivity (Wildman–Crippen MR) is 184 cm³/mol. The van der Waals surface area contributed by atoms with Crippen molar-refractivity contribution >= 4 is 55.2 Å². The average molecular weight is 568 g/mol. The van der Waals surface area contributed by atoms with Crippen molar-refractivity contribution in [1.82, 2.24) is 4.98 Å². The van der Waals surface area contributed by atoms with E-state index in [0.717, 1.165) is 17.7 Å². The molecule has 43 heavy (non-hydrogen) atoms. The van der Waals surface area contributed by atoms with Gasteiger partial charge in [-0.15, -0.1) is 11.8 Å². The Hall–Kier alpha value is -4.66. The molecule has 2 aliphatic carbocycles. The zero-order valence-electron chi connectivity index (χ0n) is 23.7. The van der Waals surface area contributed by atoms with Crippen molar-refractivity contribution < 1.29 is 0 Å². The van der Waals surface area contributed by atoms with Gasteiger partial charge in [0.15, 0.2) is 0 Å². The minimum absolute atomic E-state index is 0.467. The molecule has 204 valence electrons. The molecule has 3 aliphatic rings. The van der Waals surface area contributed by atoms with E-state index in [-0.39, 0.29) is 0 Å². The Morgan fingerprint density at radius 1 is 0.674 bits per heavy atom. The normalized spacial score (nSPS) is 20.7. The van der Waals surface area contributed by atoms with Crippen molar-refractivity contribution in [2.75, 3.05) is 0 Å². The lowest BCUT2D eigenvalue weighted by Crippen LogP contribution is -2.24. The topological polar surface area (TPSA) is 12.9 Å². The number of hydrogen-bond donors (Lipinski definition) is 0. The molecule has 0 radical (unpaired) electrons. The summed E-state index contributed by atoms with van der Waals surface area (Å²) in [4.78, 5) is 6.43. The highest BCUT2D eigenvalue weighted by atomic mass is 32.2. The van der Waals surface area contributed by atoms with Gasteiger partial charge in [-0.25, -0.2) is 0 Å². The molecule has 2 heteroatoms. The maximum atomic E-state index is 5.01. The number of allylic oxidation sites excluding steroid dienone is 7. The molecular formula is C41H29NS. The molecule has 0 fully saturated rings. The van der Waals surface area contributed by atoms with Gasteiger partial charge < -0.3 is 0 Å². The van der Waals surface area contributed by atoms with Gasteiger partial charge in [0.1, 0.15) is 0 Å². The Labute approximate surface area is 256 Å². The van der Waals surface area contributed by atoms with E-state index in [1.54, 1.807) is 0 Å². The van der Waals surface area contributed by atoms with Crippen molar-refractivity contribution in [3.05, 3.63) is 157 Å². The van der Waals surface area contributed by atoms with E-state index in [1.807, 2.05) is 11.8 Å². The highest BCUT2D eigenvalue weighted by Gasteiger charge is 2.37. The number of nitrogens with zero attached hydrogens (tertiary/aromatic N) is 1. The van der Waals surface area contributed by atoms with Crippen LogP contribution in [0.1, 0.15) is 17.5 Å². The SMILES string of the molecule is C1=CC(C2C=C(c3cccc(-c4cc5c6ccccc6c6ccccc6c5cn4)c3)C=CC2)C2Sc3ccccc3C2=C1. The maximum absolute atomic E-state index is 5.01. The molecule has 2 heterocycles. The van der Waals surface area contributed by atoms with Crippen LogP contribution in [0.3, 0.4) is 0 Å². The van der Waals surface area contributed by atoms with Crippen molar-refractivity contribution in [3.63, 3.8) is 0 Å². The Kier molecular flexibility index (Phi) is 5.77. The molecule has 0 amide bonds. The number of thioether (sulfide) groups is 1. The summed E-state index contributed by atoms with van der Waals surface area (Å²) in [6.07, 6.45) is 17.4. The summed E-state index contributed by atoms with van der Waals surface area (Å²) < 4.78 is 0. The molecule has 0 saturated heterocycles. The number of rotatable bonds is 3. The first-order chi connectivity index (χ1) is 21.3. The average Bonchev–Trinajstić information content (AvgIpc) is 3.47. The van der Waals surface area contributed by atoms with Gasteiger partial charge in [-0.05, 0) is 79.7 Å². The number of benzene rings is 5. The molecule has 0 spiro atoms. The molecule has 1 aromatic heterocycles. The fourth-order valence-electron chi connectivity index (χ4n) is 7.37. The third-order valence-corrected chi connectivity index (χ3v) is 10.9. The number of hydrogen-bond acceptors (Lipinski definition) is 2. The van der Waals surface area contributed by atoms with E-state index in [9.17, 15) is 0 Å². The summed E-state index contributed by atoms with van der Waals surface area (Å²) in [5.41, 5.74) is 7.62. The van der Waals surface area contributed by atoms with E-state index in [4.69, 9.17) is 4.98 Å². The molecule has 9 rings (SSSR count). The smallest absolute Gasteiger partial charge is 0.0708 e. The Balaban J connectivity index is 1.08. The lowest BCUT2D eigenvalue weighted by molar-refractivity contribution is 0.494. The van der Waals surface area contributed by atoms with Crippen molar-refractivity contribution in [2.24, 2.45) is 11.8 Å². The fraction of sp³-hybridized carbons (Fsp3) is 0.0976. The summed E-state index contributed by atoms with van der Waals surface area (Å²) in [6.45, 7) is 0. The van der Waals surface area contributed by atoms with Gasteiger partial charge >= 0.3 is 0 Å². The Bertz CT molecular complexity index is 2180. The molecular weight excluding hydrogens is 539 g/mol. The van der Waals surface area contributed by atoms with Crippen LogP contribution in [0.5, 0.6) is 0 Å². The van der Waals surface area contributed by atoms with Gasteiger partial charge in [0, 0.05) is 33.2 Å². The summed E-state index contributed by atoms with van der Waals surface area (Å²) >= 11 is 2.04. The van der Waals surface area contributed by atoms with Gasteiger partial charge in [0.05, 0.1) is 5.69 Å². The van der Waals surface area contributed by atoms with Gasteiger partial charge in [-0.1, -0.05) is 121 Å². The van der Waals surface area contributed by atoms with E-state index in [2.05, 4.69) is 146 Å². The van der Waals surface area contributed by atoms with E-state index in [0.29, 0.717) is 17.1 Å². The van der Waals surface area contributed by atoms with Crippen LogP contribution in [0.15, 0.2) is 151 Å². The molecule has 0 N–H and O–H groups in total. The third kappa shape index (κ3) is 4.05. The summed E-state index contributed by atoms with van der Waals surface area (Å²) in [6, 6.07) is 37.5. The van der Waals surface area contributed by atoms with Crippen molar-refractivity contribution in [2.45, 2.75) is 16.6 Å². The molecule has 0 bridgehead atoms. The number of aromatic nitrogens is 1. The second kappa shape index (κ2) is 9.97. The minimum atomic E-state index is 0.467. The van der Waals surface area contributed by atoms with Gasteiger partial charge in [-0.2, -0.15) is 0 Å². The molecule has 6 aromatic rings. The first-order valence-corrected chi connectivity index (χ1v) is 16.0. The lowest BCUT2D eigenvalue weighted by Gasteiger charge is -2.31. The summed E-state index contributed by atoms with van der Waals surface area (Å²) in [5, 5.41) is 8.04. The molecule has 3 unspecified atom stereocenters.